The number of carbonyl (C=O) groups is 1. The number of hydrogen-bond acceptors (Lipinski definition) is 4. The summed E-state index contributed by atoms with van der Waals surface area (Å²) in [6.45, 7) is 0.171. The molecule has 4 heteroatoms. The van der Waals surface area contributed by atoms with Crippen molar-refractivity contribution in [3.05, 3.63) is 36.1 Å². The molecule has 1 heterocycles. The van der Waals surface area contributed by atoms with E-state index in [1.165, 1.54) is 0 Å². The van der Waals surface area contributed by atoms with Gasteiger partial charge >= 0.3 is 0 Å². The van der Waals surface area contributed by atoms with Crippen LogP contribution in [0.1, 0.15) is 10.4 Å². The molecule has 2 rings (SSSR count). The third kappa shape index (κ3) is 1.42. The average Bonchev–Trinajstić information content (AvgIpc) is 2.64. The second kappa shape index (κ2) is 3.41. The van der Waals surface area contributed by atoms with Crippen LogP contribution < -0.4 is 14.6 Å². The Hall–Kier alpha value is -1.97. The SMILES string of the molecule is O=C(/C=C/[O-])c1ccc2c(c1)OCO2. The lowest BCUT2D eigenvalue weighted by molar-refractivity contribution is -0.274. The molecule has 0 aromatic heterocycles. The molecule has 0 unspecified atom stereocenters. The first kappa shape index (κ1) is 8.62. The van der Waals surface area contributed by atoms with Crippen molar-refractivity contribution < 1.29 is 19.4 Å². The van der Waals surface area contributed by atoms with E-state index < -0.39 is 0 Å². The third-order valence-corrected chi connectivity index (χ3v) is 1.88. The van der Waals surface area contributed by atoms with Crippen molar-refractivity contribution in [1.82, 2.24) is 0 Å². The molecule has 0 aliphatic carbocycles. The van der Waals surface area contributed by atoms with Gasteiger partial charge in [-0.2, -0.15) is 0 Å². The monoisotopic (exact) mass is 191 g/mol. The third-order valence-electron chi connectivity index (χ3n) is 1.88. The fraction of sp³-hybridized carbons (Fsp3) is 0.100. The molecule has 0 spiro atoms. The van der Waals surface area contributed by atoms with Gasteiger partial charge < -0.3 is 14.6 Å². The topological polar surface area (TPSA) is 58.6 Å². The molecule has 0 radical (unpaired) electrons. The van der Waals surface area contributed by atoms with Crippen molar-refractivity contribution >= 4 is 5.78 Å². The minimum Gasteiger partial charge on any atom is -0.878 e. The summed E-state index contributed by atoms with van der Waals surface area (Å²) in [7, 11) is 0. The molecule has 0 amide bonds. The van der Waals surface area contributed by atoms with Gasteiger partial charge in [-0.15, -0.1) is 6.26 Å². The number of hydrogen-bond donors (Lipinski definition) is 0. The molecule has 1 aromatic rings. The normalized spacial score (nSPS) is 13.4. The van der Waals surface area contributed by atoms with E-state index in [9.17, 15) is 9.90 Å². The predicted octanol–water partition coefficient (Wildman–Crippen LogP) is 0.472. The molecule has 0 fully saturated rings. The van der Waals surface area contributed by atoms with Gasteiger partial charge in [0.15, 0.2) is 17.3 Å². The Balaban J connectivity index is 2.33. The molecule has 0 atom stereocenters. The number of allylic oxidation sites excluding steroid dienone is 1. The van der Waals surface area contributed by atoms with Gasteiger partial charge in [-0.1, -0.05) is 0 Å². The van der Waals surface area contributed by atoms with Crippen LogP contribution in [0.5, 0.6) is 11.5 Å². The molecule has 14 heavy (non-hydrogen) atoms. The number of rotatable bonds is 2. The maximum Gasteiger partial charge on any atom is 0.231 e. The Bertz CT molecular complexity index is 395. The van der Waals surface area contributed by atoms with E-state index in [0.29, 0.717) is 23.3 Å². The second-order valence-electron chi connectivity index (χ2n) is 2.74. The van der Waals surface area contributed by atoms with E-state index >= 15 is 0 Å². The second-order valence-corrected chi connectivity index (χ2v) is 2.74. The van der Waals surface area contributed by atoms with Gasteiger partial charge in [0.05, 0.1) is 0 Å². The van der Waals surface area contributed by atoms with Crippen LogP contribution in [0.25, 0.3) is 0 Å². The van der Waals surface area contributed by atoms with Crippen LogP contribution in [-0.4, -0.2) is 12.6 Å². The minimum absolute atomic E-state index is 0.171. The number of ketones is 1. The summed E-state index contributed by atoms with van der Waals surface area (Å²) in [6, 6.07) is 4.80. The number of benzene rings is 1. The van der Waals surface area contributed by atoms with Gasteiger partial charge in [-0.3, -0.25) is 4.79 Å². The number of carbonyl (C=O) groups excluding carboxylic acids is 1. The van der Waals surface area contributed by atoms with Crippen LogP contribution in [0.4, 0.5) is 0 Å². The zero-order valence-corrected chi connectivity index (χ0v) is 7.23. The molecule has 0 saturated carbocycles. The summed E-state index contributed by atoms with van der Waals surface area (Å²) >= 11 is 0. The standard InChI is InChI=1S/C10H8O4/c11-4-3-8(12)7-1-2-9-10(5-7)14-6-13-9/h1-5,11H,6H2/p-1/b4-3+. The van der Waals surface area contributed by atoms with Crippen molar-refractivity contribution in [3.63, 3.8) is 0 Å². The summed E-state index contributed by atoms with van der Waals surface area (Å²) in [4.78, 5) is 11.3. The molecule has 4 nitrogen and oxygen atoms in total. The smallest absolute Gasteiger partial charge is 0.231 e. The molecule has 0 N–H and O–H groups in total. The van der Waals surface area contributed by atoms with Crippen LogP contribution in [0.3, 0.4) is 0 Å². The van der Waals surface area contributed by atoms with E-state index in [-0.39, 0.29) is 12.6 Å². The zero-order chi connectivity index (χ0) is 9.97. The van der Waals surface area contributed by atoms with E-state index in [2.05, 4.69) is 0 Å². The fourth-order valence-electron chi connectivity index (χ4n) is 1.21. The Morgan fingerprint density at radius 2 is 2.14 bits per heavy atom. The van der Waals surface area contributed by atoms with Crippen LogP contribution in [0.15, 0.2) is 30.5 Å². The summed E-state index contributed by atoms with van der Waals surface area (Å²) in [5, 5.41) is 10.1. The molecule has 1 aromatic carbocycles. The maximum absolute atomic E-state index is 11.3. The Kier molecular flexibility index (Phi) is 2.10. The van der Waals surface area contributed by atoms with Gasteiger partial charge in [0.2, 0.25) is 6.79 Å². The van der Waals surface area contributed by atoms with Crippen LogP contribution in [0, 0.1) is 0 Å². The molecule has 1 aliphatic rings. The Morgan fingerprint density at radius 1 is 1.36 bits per heavy atom. The van der Waals surface area contributed by atoms with Gasteiger partial charge in [-0.05, 0) is 24.3 Å². The van der Waals surface area contributed by atoms with Crippen molar-refractivity contribution in [3.8, 4) is 11.5 Å². The zero-order valence-electron chi connectivity index (χ0n) is 7.23. The average molecular weight is 191 g/mol. The first-order valence-electron chi connectivity index (χ1n) is 4.04. The quantitative estimate of drug-likeness (QED) is 0.387. The Labute approximate surface area is 80.4 Å². The highest BCUT2D eigenvalue weighted by atomic mass is 16.7. The molecule has 0 bridgehead atoms. The minimum atomic E-state index is -0.335. The van der Waals surface area contributed by atoms with E-state index in [0.717, 1.165) is 6.08 Å². The van der Waals surface area contributed by atoms with Gasteiger partial charge in [0, 0.05) is 5.56 Å². The molecule has 1 aliphatic heterocycles. The molecule has 0 saturated heterocycles. The molecule has 72 valence electrons. The highest BCUT2D eigenvalue weighted by molar-refractivity contribution is 6.04. The molecular formula is C10H7O4-. The Morgan fingerprint density at radius 3 is 2.93 bits per heavy atom. The van der Waals surface area contributed by atoms with E-state index in [1.54, 1.807) is 18.2 Å². The van der Waals surface area contributed by atoms with Gasteiger partial charge in [-0.25, -0.2) is 0 Å². The van der Waals surface area contributed by atoms with Crippen molar-refractivity contribution in [1.29, 1.82) is 0 Å². The molecular weight excluding hydrogens is 184 g/mol. The van der Waals surface area contributed by atoms with E-state index in [4.69, 9.17) is 9.47 Å². The summed E-state index contributed by atoms with van der Waals surface area (Å²) < 4.78 is 10.2. The largest absolute Gasteiger partial charge is 0.878 e. The van der Waals surface area contributed by atoms with Gasteiger partial charge in [0.25, 0.3) is 0 Å². The van der Waals surface area contributed by atoms with Gasteiger partial charge in [0.1, 0.15) is 0 Å². The van der Waals surface area contributed by atoms with Crippen molar-refractivity contribution in [2.24, 2.45) is 0 Å². The van der Waals surface area contributed by atoms with Crippen LogP contribution >= 0.6 is 0 Å². The summed E-state index contributed by atoms with van der Waals surface area (Å²) in [6.07, 6.45) is 1.43. The summed E-state index contributed by atoms with van der Waals surface area (Å²) in [5.74, 6) is 0.820. The lowest BCUT2D eigenvalue weighted by Gasteiger charge is -1.99. The lowest BCUT2D eigenvalue weighted by Crippen LogP contribution is -1.97. The fourth-order valence-corrected chi connectivity index (χ4v) is 1.21. The first-order valence-corrected chi connectivity index (χ1v) is 4.04. The lowest BCUT2D eigenvalue weighted by atomic mass is 10.1. The summed E-state index contributed by atoms with van der Waals surface area (Å²) in [5.41, 5.74) is 0.418. The van der Waals surface area contributed by atoms with Crippen molar-refractivity contribution in [2.45, 2.75) is 0 Å². The number of fused-ring (bicyclic) bond motifs is 1. The predicted molar refractivity (Wildman–Crippen MR) is 46.0 cm³/mol. The van der Waals surface area contributed by atoms with Crippen molar-refractivity contribution in [2.75, 3.05) is 6.79 Å². The maximum atomic E-state index is 11.3. The van der Waals surface area contributed by atoms with Crippen LogP contribution in [-0.2, 0) is 0 Å². The number of ether oxygens (including phenoxy) is 2. The van der Waals surface area contributed by atoms with Crippen LogP contribution in [0.2, 0.25) is 0 Å². The first-order chi connectivity index (χ1) is 6.81. The van der Waals surface area contributed by atoms with E-state index in [1.807, 2.05) is 0 Å². The highest BCUT2D eigenvalue weighted by Gasteiger charge is 2.14. The highest BCUT2D eigenvalue weighted by Crippen LogP contribution is 2.32.